The van der Waals surface area contributed by atoms with E-state index in [0.717, 1.165) is 68.2 Å². The van der Waals surface area contributed by atoms with E-state index in [0.29, 0.717) is 65.3 Å². The van der Waals surface area contributed by atoms with Crippen LogP contribution in [-0.4, -0.2) is 168 Å². The maximum Gasteiger partial charge on any atom is 0.316 e. The molecule has 0 fully saturated rings. The second-order valence-electron chi connectivity index (χ2n) is 32.6. The molecule has 0 aromatic heterocycles. The standard InChI is InChI=1S/C23H30NO3.C19H20O3.C11H24NO2.2C9H18O2.C8H17NO2.C8H16O3.BrH.ClH/c1-5-18(2)23(26)27-16-15-24(3,4)17-19-11-13-21(14-12-19)22(25)20-9-7-6-8-10-20;1-4-19(2,3)18(21)22-16-12-10-15(11-13-16)17(20)14-8-6-5-7-9-14;1-7-11(2,3)10(13)14-9-8-12(4,5)6;2*1-6-9(4,5)8(10)11-7(2)3;2*1-4-8(2,3)7(10)11-6-5-9;;/h6-14,18H,5,15-17H2,1-4H3;5-13H,4H2,1-3H3;7-9H2,1-6H3;2*7H,6H2,1-5H3;4-6,9H2,1-3H3;9H,4-6H2,1-3H3;2*1H/q+1;;+1;;;;;;/p-2. The van der Waals surface area contributed by atoms with Crippen LogP contribution in [0, 0.1) is 38.4 Å². The van der Waals surface area contributed by atoms with Gasteiger partial charge in [-0.1, -0.05) is 140 Å². The number of aliphatic hydroxyl groups excluding tert-OH is 1. The van der Waals surface area contributed by atoms with Gasteiger partial charge in [0.05, 0.1) is 92.5 Å². The Balaban J connectivity index is -0.000000399. The van der Waals surface area contributed by atoms with Gasteiger partial charge in [0.1, 0.15) is 51.8 Å². The fraction of sp³-hybridized carbons (Fsp3) is 0.621. The third-order valence-corrected chi connectivity index (χ3v) is 18.2. The lowest BCUT2D eigenvalue weighted by molar-refractivity contribution is -0.903. The molecule has 0 spiro atoms. The Morgan fingerprint density at radius 3 is 1.02 bits per heavy atom. The van der Waals surface area contributed by atoms with Gasteiger partial charge >= 0.3 is 41.8 Å². The molecule has 0 radical (unpaired) electrons. The maximum atomic E-state index is 12.5. The van der Waals surface area contributed by atoms with Crippen LogP contribution in [0.4, 0.5) is 0 Å². The van der Waals surface area contributed by atoms with Crippen LogP contribution in [0.15, 0.2) is 109 Å². The zero-order valence-electron chi connectivity index (χ0n) is 72.1. The van der Waals surface area contributed by atoms with Gasteiger partial charge in [0.15, 0.2) is 11.6 Å². The van der Waals surface area contributed by atoms with E-state index >= 15 is 0 Å². The predicted molar refractivity (Wildman–Crippen MR) is 428 cm³/mol. The highest BCUT2D eigenvalue weighted by atomic mass is 79.9. The molecule has 4 rings (SSSR count). The normalized spacial score (nSPS) is 11.6. The topological polar surface area (TPSA) is 264 Å². The number of hydrogen-bond donors (Lipinski definition) is 2. The summed E-state index contributed by atoms with van der Waals surface area (Å²) in [4.78, 5) is 105. The third kappa shape index (κ3) is 47.8. The fourth-order valence-corrected chi connectivity index (χ4v) is 7.37. The molecule has 0 saturated heterocycles. The molecule has 0 aliphatic rings. The first-order valence-electron chi connectivity index (χ1n) is 38.0. The number of hydrogen-bond acceptors (Lipinski definition) is 18. The molecule has 3 N–H and O–H groups in total. The number of halogens is 2. The van der Waals surface area contributed by atoms with Crippen molar-refractivity contribution in [2.24, 2.45) is 44.1 Å². The van der Waals surface area contributed by atoms with Crippen LogP contribution in [0.3, 0.4) is 0 Å². The number of rotatable bonds is 33. The van der Waals surface area contributed by atoms with Crippen molar-refractivity contribution in [1.82, 2.24) is 0 Å². The van der Waals surface area contributed by atoms with Crippen molar-refractivity contribution in [2.75, 3.05) is 87.9 Å². The molecule has 109 heavy (non-hydrogen) atoms. The first kappa shape index (κ1) is 111. The SMILES string of the molecule is CCC(C)(C)C(=O)OC(C)C.CCC(C)(C)C(=O)OC(C)C.CCC(C)(C)C(=O)OCCN.CCC(C)(C)C(=O)OCCO.CCC(C)(C)C(=O)OCC[N+](C)(C)C.CCC(C)(C)C(=O)Oc1ccc(C(=O)c2ccccc2)cc1.CCC(C)C(=O)OCC[N+](C)(C)Cc1ccc(C(=O)c2ccccc2)cc1.[Br-].[Cl-]. The minimum absolute atomic E-state index is 0. The van der Waals surface area contributed by atoms with Crippen molar-refractivity contribution in [2.45, 2.75) is 230 Å². The second-order valence-corrected chi connectivity index (χ2v) is 32.6. The number of quaternary nitrogens is 2. The predicted octanol–water partition coefficient (Wildman–Crippen LogP) is 10.7. The Hall–Kier alpha value is -6.88. The average Bonchev–Trinajstić information content (AvgIpc) is 0.843. The van der Waals surface area contributed by atoms with E-state index in [1.54, 1.807) is 36.4 Å². The molecular weight excluding hydrogens is 1470 g/mol. The summed E-state index contributed by atoms with van der Waals surface area (Å²) in [6.45, 7) is 49.7. The number of ketones is 2. The number of carbonyl (C=O) groups excluding carboxylic acids is 9. The zero-order chi connectivity index (χ0) is 83.4. The van der Waals surface area contributed by atoms with Gasteiger partial charge in [-0.3, -0.25) is 43.2 Å². The summed E-state index contributed by atoms with van der Waals surface area (Å²) >= 11 is 0. The van der Waals surface area contributed by atoms with E-state index in [1.165, 1.54) is 0 Å². The minimum Gasteiger partial charge on any atom is -1.00 e. The Bertz CT molecular complexity index is 3170. The lowest BCUT2D eigenvalue weighted by Gasteiger charge is -2.29. The van der Waals surface area contributed by atoms with Crippen molar-refractivity contribution < 1.29 is 120 Å². The van der Waals surface area contributed by atoms with Crippen molar-refractivity contribution in [3.63, 3.8) is 0 Å². The van der Waals surface area contributed by atoms with Gasteiger partial charge < -0.3 is 82.4 Å². The van der Waals surface area contributed by atoms with Crippen LogP contribution in [0.2, 0.25) is 0 Å². The molecule has 1 unspecified atom stereocenters. The second kappa shape index (κ2) is 54.7. The van der Waals surface area contributed by atoms with Gasteiger partial charge in [0.2, 0.25) is 0 Å². The van der Waals surface area contributed by atoms with E-state index in [9.17, 15) is 43.2 Å². The van der Waals surface area contributed by atoms with Crippen LogP contribution >= 0.6 is 0 Å². The highest BCUT2D eigenvalue weighted by Gasteiger charge is 2.32. The molecule has 20 nitrogen and oxygen atoms in total. The molecule has 0 bridgehead atoms. The highest BCUT2D eigenvalue weighted by molar-refractivity contribution is 6.09. The number of carbonyl (C=O) groups is 9. The van der Waals surface area contributed by atoms with Gasteiger partial charge in [0, 0.05) is 34.4 Å². The van der Waals surface area contributed by atoms with E-state index in [2.05, 4.69) is 35.2 Å². The molecule has 622 valence electrons. The average molecular weight is 1620 g/mol. The van der Waals surface area contributed by atoms with Crippen LogP contribution in [0.5, 0.6) is 5.75 Å². The Morgan fingerprint density at radius 1 is 0.404 bits per heavy atom. The van der Waals surface area contributed by atoms with Crippen LogP contribution in [-0.2, 0) is 68.5 Å². The van der Waals surface area contributed by atoms with Crippen molar-refractivity contribution in [1.29, 1.82) is 0 Å². The largest absolute Gasteiger partial charge is 1.00 e. The van der Waals surface area contributed by atoms with Gasteiger partial charge in [0.25, 0.3) is 0 Å². The highest BCUT2D eigenvalue weighted by Crippen LogP contribution is 2.27. The van der Waals surface area contributed by atoms with E-state index < -0.39 is 10.8 Å². The summed E-state index contributed by atoms with van der Waals surface area (Å²) in [5.41, 5.74) is 6.63. The number of likely N-dealkylation sites (N-methyl/N-ethyl adjacent to an activating group) is 2. The van der Waals surface area contributed by atoms with Crippen LogP contribution < -0.4 is 39.9 Å². The number of esters is 7. The molecule has 0 amide bonds. The first-order valence-corrected chi connectivity index (χ1v) is 38.0. The molecule has 1 atom stereocenters. The fourth-order valence-electron chi connectivity index (χ4n) is 7.37. The Morgan fingerprint density at radius 2 is 0.706 bits per heavy atom. The smallest absolute Gasteiger partial charge is 0.316 e. The van der Waals surface area contributed by atoms with Crippen LogP contribution in [0.25, 0.3) is 0 Å². The Labute approximate surface area is 674 Å². The molecule has 0 aliphatic carbocycles. The van der Waals surface area contributed by atoms with E-state index in [-0.39, 0.29) is 136 Å². The van der Waals surface area contributed by atoms with Crippen molar-refractivity contribution >= 4 is 53.4 Å². The first-order chi connectivity index (χ1) is 49.3. The van der Waals surface area contributed by atoms with Crippen molar-refractivity contribution in [3.8, 4) is 5.75 Å². The van der Waals surface area contributed by atoms with Crippen LogP contribution in [0.1, 0.15) is 249 Å². The number of benzene rings is 4. The van der Waals surface area contributed by atoms with Gasteiger partial charge in [-0.15, -0.1) is 0 Å². The summed E-state index contributed by atoms with van der Waals surface area (Å²) in [7, 11) is 10.5. The monoisotopic (exact) mass is 1620 g/mol. The summed E-state index contributed by atoms with van der Waals surface area (Å²) in [6, 6.07) is 32.8. The molecule has 4 aromatic carbocycles. The quantitative estimate of drug-likeness (QED) is 0.0148. The number of ether oxygens (including phenoxy) is 7. The third-order valence-electron chi connectivity index (χ3n) is 18.2. The van der Waals surface area contributed by atoms with Crippen molar-refractivity contribution in [3.05, 3.63) is 137 Å². The maximum absolute atomic E-state index is 12.5. The number of nitrogens with two attached hydrogens (primary N) is 1. The van der Waals surface area contributed by atoms with Gasteiger partial charge in [-0.05, 0) is 180 Å². The van der Waals surface area contributed by atoms with Gasteiger partial charge in [-0.25, -0.2) is 0 Å². The molecule has 22 heteroatoms. The minimum atomic E-state index is -0.515. The summed E-state index contributed by atoms with van der Waals surface area (Å²) in [5.74, 6) is -0.692. The van der Waals surface area contributed by atoms with E-state index in [1.807, 2.05) is 239 Å². The molecule has 4 aromatic rings. The summed E-state index contributed by atoms with van der Waals surface area (Å²) in [6.07, 6.45) is 5.48. The summed E-state index contributed by atoms with van der Waals surface area (Å²) in [5, 5.41) is 8.38. The number of aliphatic hydroxyl groups is 1. The number of nitrogens with zero attached hydrogens (tertiary/aromatic N) is 2. The molecular formula is C87H143BrClN3O17. The Kier molecular flexibility index (Phi) is 55.6. The van der Waals surface area contributed by atoms with E-state index in [4.69, 9.17) is 44.0 Å². The lowest BCUT2D eigenvalue weighted by atomic mass is 9.91. The zero-order valence-corrected chi connectivity index (χ0v) is 74.5. The van der Waals surface area contributed by atoms with Gasteiger partial charge in [-0.2, -0.15) is 0 Å². The summed E-state index contributed by atoms with van der Waals surface area (Å²) < 4.78 is 37.3. The lowest BCUT2D eigenvalue weighted by Crippen LogP contribution is -3.00. The molecule has 0 heterocycles. The molecule has 0 saturated carbocycles. The molecule has 0 aliphatic heterocycles.